The highest BCUT2D eigenvalue weighted by Crippen LogP contribution is 2.17. The first kappa shape index (κ1) is 25.3. The Hall–Kier alpha value is -3.84. The molecule has 7 nitrogen and oxygen atoms in total. The van der Waals surface area contributed by atoms with Crippen LogP contribution >= 0.6 is 0 Å². The van der Waals surface area contributed by atoms with E-state index in [1.165, 1.54) is 10.6 Å². The quantitative estimate of drug-likeness (QED) is 0.444. The van der Waals surface area contributed by atoms with Gasteiger partial charge in [0.25, 0.3) is 0 Å². The summed E-state index contributed by atoms with van der Waals surface area (Å²) >= 11 is 0. The van der Waals surface area contributed by atoms with Gasteiger partial charge in [-0.15, -0.1) is 0 Å². The van der Waals surface area contributed by atoms with Crippen LogP contribution in [0.4, 0.5) is 9.59 Å². The molecule has 0 aromatic heterocycles. The van der Waals surface area contributed by atoms with E-state index in [4.69, 9.17) is 9.47 Å². The summed E-state index contributed by atoms with van der Waals surface area (Å²) in [6.07, 6.45) is 1.34. The lowest BCUT2D eigenvalue weighted by atomic mass is 10.0. The van der Waals surface area contributed by atoms with Crippen LogP contribution in [0.1, 0.15) is 29.5 Å². The second-order valence-electron chi connectivity index (χ2n) is 8.92. The average molecular weight is 488 g/mol. The Morgan fingerprint density at radius 1 is 0.806 bits per heavy atom. The summed E-state index contributed by atoms with van der Waals surface area (Å²) in [7, 11) is 0. The standard InChI is InChI=1S/C29H33N3O4/c33-28(35-22-25-13-6-2-7-14-25)30-32(29(34)36-23-26-15-8-3-9-16-26)27-17-10-19-31(21-27)20-18-24-11-4-1-5-12-24/h1-9,11-16,27H,10,17-23H2,(H,30,33). The SMILES string of the molecule is O=C(NN(C(=O)OCc1ccccc1)C1CCCN(CCc2ccccc2)C1)OCc1ccccc1. The molecule has 1 heterocycles. The first-order valence-corrected chi connectivity index (χ1v) is 12.4. The summed E-state index contributed by atoms with van der Waals surface area (Å²) in [6.45, 7) is 2.72. The van der Waals surface area contributed by atoms with Gasteiger partial charge in [0.2, 0.25) is 0 Å². The fourth-order valence-electron chi connectivity index (χ4n) is 4.31. The smallest absolute Gasteiger partial charge is 0.429 e. The molecule has 2 amide bonds. The largest absolute Gasteiger partial charge is 0.443 e. The van der Waals surface area contributed by atoms with Gasteiger partial charge in [0.1, 0.15) is 13.2 Å². The van der Waals surface area contributed by atoms with Crippen molar-refractivity contribution in [2.45, 2.75) is 38.5 Å². The van der Waals surface area contributed by atoms with Gasteiger partial charge in [-0.25, -0.2) is 20.0 Å². The minimum absolute atomic E-state index is 0.118. The predicted octanol–water partition coefficient (Wildman–Crippen LogP) is 5.17. The molecule has 0 aliphatic carbocycles. The summed E-state index contributed by atoms with van der Waals surface area (Å²) in [4.78, 5) is 28.1. The molecule has 1 unspecified atom stereocenters. The van der Waals surface area contributed by atoms with Crippen LogP contribution in [-0.2, 0) is 29.1 Å². The number of ether oxygens (including phenoxy) is 2. The topological polar surface area (TPSA) is 71.1 Å². The van der Waals surface area contributed by atoms with E-state index in [1.54, 1.807) is 0 Å². The van der Waals surface area contributed by atoms with Crippen LogP contribution < -0.4 is 5.43 Å². The first-order chi connectivity index (χ1) is 17.7. The number of nitrogens with zero attached hydrogens (tertiary/aromatic N) is 2. The number of carbonyl (C=O) groups excluding carboxylic acids is 2. The van der Waals surface area contributed by atoms with E-state index in [9.17, 15) is 9.59 Å². The first-order valence-electron chi connectivity index (χ1n) is 12.4. The monoisotopic (exact) mass is 487 g/mol. The highest BCUT2D eigenvalue weighted by atomic mass is 16.6. The molecule has 1 fully saturated rings. The number of hydrazine groups is 1. The molecule has 3 aromatic rings. The van der Waals surface area contributed by atoms with Crippen molar-refractivity contribution >= 4 is 12.2 Å². The Labute approximate surface area is 212 Å². The third kappa shape index (κ3) is 7.85. The summed E-state index contributed by atoms with van der Waals surface area (Å²) in [5, 5.41) is 1.31. The van der Waals surface area contributed by atoms with E-state index in [2.05, 4.69) is 22.5 Å². The Morgan fingerprint density at radius 3 is 1.97 bits per heavy atom. The number of likely N-dealkylation sites (tertiary alicyclic amines) is 1. The van der Waals surface area contributed by atoms with Gasteiger partial charge in [-0.2, -0.15) is 0 Å². The number of rotatable bonds is 8. The lowest BCUT2D eigenvalue weighted by molar-refractivity contribution is 0.0258. The number of hydrogen-bond donors (Lipinski definition) is 1. The van der Waals surface area contributed by atoms with Gasteiger partial charge >= 0.3 is 12.2 Å². The van der Waals surface area contributed by atoms with Gasteiger partial charge in [-0.1, -0.05) is 91.0 Å². The number of benzene rings is 3. The Balaban J connectivity index is 1.38. The third-order valence-electron chi connectivity index (χ3n) is 6.23. The molecule has 1 aliphatic rings. The lowest BCUT2D eigenvalue weighted by Crippen LogP contribution is -2.57. The fraction of sp³-hybridized carbons (Fsp3) is 0.310. The lowest BCUT2D eigenvalue weighted by Gasteiger charge is -2.38. The van der Waals surface area contributed by atoms with Crippen LogP contribution in [0.25, 0.3) is 0 Å². The zero-order chi connectivity index (χ0) is 25.0. The second-order valence-corrected chi connectivity index (χ2v) is 8.92. The number of carbonyl (C=O) groups is 2. The maximum absolute atomic E-state index is 13.1. The number of nitrogens with one attached hydrogen (secondary N) is 1. The average Bonchev–Trinajstić information content (AvgIpc) is 2.94. The molecule has 0 spiro atoms. The second kappa shape index (κ2) is 13.3. The summed E-state index contributed by atoms with van der Waals surface area (Å²) in [5.41, 5.74) is 5.69. The van der Waals surface area contributed by atoms with Gasteiger partial charge < -0.3 is 14.4 Å². The van der Waals surface area contributed by atoms with Crippen molar-refractivity contribution in [3.8, 4) is 0 Å². The number of piperidine rings is 1. The molecule has 0 saturated carbocycles. The minimum Gasteiger partial charge on any atom is -0.443 e. The number of hydrogen-bond acceptors (Lipinski definition) is 5. The van der Waals surface area contributed by atoms with Gasteiger partial charge in [0, 0.05) is 13.1 Å². The third-order valence-corrected chi connectivity index (χ3v) is 6.23. The van der Waals surface area contributed by atoms with Crippen molar-refractivity contribution in [1.82, 2.24) is 15.3 Å². The molecule has 1 saturated heterocycles. The van der Waals surface area contributed by atoms with Crippen LogP contribution in [-0.4, -0.2) is 47.8 Å². The highest BCUT2D eigenvalue weighted by molar-refractivity contribution is 5.74. The van der Waals surface area contributed by atoms with E-state index in [0.717, 1.165) is 43.5 Å². The fourth-order valence-corrected chi connectivity index (χ4v) is 4.31. The normalized spacial score (nSPS) is 15.6. The molecule has 7 heteroatoms. The highest BCUT2D eigenvalue weighted by Gasteiger charge is 2.31. The van der Waals surface area contributed by atoms with Crippen molar-refractivity contribution in [2.75, 3.05) is 19.6 Å². The summed E-state index contributed by atoms with van der Waals surface area (Å²) in [6, 6.07) is 29.1. The van der Waals surface area contributed by atoms with Gasteiger partial charge in [0.15, 0.2) is 0 Å². The molecule has 188 valence electrons. The molecule has 4 rings (SSSR count). The molecule has 0 radical (unpaired) electrons. The van der Waals surface area contributed by atoms with Crippen molar-refractivity contribution in [1.29, 1.82) is 0 Å². The van der Waals surface area contributed by atoms with Crippen LogP contribution in [0.5, 0.6) is 0 Å². The molecule has 0 bridgehead atoms. The van der Waals surface area contributed by atoms with Crippen LogP contribution in [0.15, 0.2) is 91.0 Å². The van der Waals surface area contributed by atoms with Gasteiger partial charge in [-0.3, -0.25) is 0 Å². The maximum atomic E-state index is 13.1. The molecule has 36 heavy (non-hydrogen) atoms. The van der Waals surface area contributed by atoms with E-state index in [-0.39, 0.29) is 19.3 Å². The molecule has 3 aromatic carbocycles. The zero-order valence-corrected chi connectivity index (χ0v) is 20.4. The van der Waals surface area contributed by atoms with Crippen molar-refractivity contribution in [2.24, 2.45) is 0 Å². The van der Waals surface area contributed by atoms with E-state index < -0.39 is 12.2 Å². The van der Waals surface area contributed by atoms with Crippen molar-refractivity contribution < 1.29 is 19.1 Å². The maximum Gasteiger partial charge on any atom is 0.429 e. The van der Waals surface area contributed by atoms with E-state index in [1.807, 2.05) is 78.9 Å². The molecular weight excluding hydrogens is 454 g/mol. The van der Waals surface area contributed by atoms with Gasteiger partial charge in [-0.05, 0) is 42.5 Å². The predicted molar refractivity (Wildman–Crippen MR) is 138 cm³/mol. The van der Waals surface area contributed by atoms with Crippen LogP contribution in [0.2, 0.25) is 0 Å². The minimum atomic E-state index is -0.683. The summed E-state index contributed by atoms with van der Waals surface area (Å²) < 4.78 is 11.0. The molecule has 1 N–H and O–H groups in total. The van der Waals surface area contributed by atoms with E-state index >= 15 is 0 Å². The van der Waals surface area contributed by atoms with E-state index in [0.29, 0.717) is 6.54 Å². The molecular formula is C29H33N3O4. The molecule has 1 atom stereocenters. The molecule has 1 aliphatic heterocycles. The van der Waals surface area contributed by atoms with Crippen molar-refractivity contribution in [3.05, 3.63) is 108 Å². The van der Waals surface area contributed by atoms with Crippen LogP contribution in [0.3, 0.4) is 0 Å². The Morgan fingerprint density at radius 2 is 1.36 bits per heavy atom. The number of amides is 2. The Bertz CT molecular complexity index is 1080. The zero-order valence-electron chi connectivity index (χ0n) is 20.4. The Kier molecular flexibility index (Phi) is 9.33. The van der Waals surface area contributed by atoms with Crippen molar-refractivity contribution in [3.63, 3.8) is 0 Å². The summed E-state index contributed by atoms with van der Waals surface area (Å²) in [5.74, 6) is 0. The van der Waals surface area contributed by atoms with Crippen LogP contribution in [0, 0.1) is 0 Å². The van der Waals surface area contributed by atoms with Gasteiger partial charge in [0.05, 0.1) is 6.04 Å².